The SMILES string of the molecule is Cc1ccc(N2CCC(N3C[C@H]4COC[C@@]4(CO)C3)CC2)cc1Cl. The molecule has 1 aromatic rings. The van der Waals surface area contributed by atoms with Crippen LogP contribution in [0.15, 0.2) is 18.2 Å². The Bertz CT molecular complexity index is 603. The van der Waals surface area contributed by atoms with Crippen LogP contribution in [0.3, 0.4) is 0 Å². The number of aliphatic hydroxyl groups is 1. The Hall–Kier alpha value is -0.810. The molecule has 1 N–H and O–H groups in total. The number of hydrogen-bond acceptors (Lipinski definition) is 4. The summed E-state index contributed by atoms with van der Waals surface area (Å²) in [5, 5.41) is 10.7. The van der Waals surface area contributed by atoms with Gasteiger partial charge in [0.15, 0.2) is 0 Å². The number of aryl methyl sites for hydroxylation is 1. The summed E-state index contributed by atoms with van der Waals surface area (Å²) >= 11 is 6.28. The maximum absolute atomic E-state index is 9.85. The molecular formula is C19H27ClN2O2. The molecule has 4 rings (SSSR count). The second kappa shape index (κ2) is 6.49. The molecule has 3 saturated heterocycles. The maximum Gasteiger partial charge on any atom is 0.0560 e. The Kier molecular flexibility index (Phi) is 4.50. The minimum Gasteiger partial charge on any atom is -0.396 e. The van der Waals surface area contributed by atoms with Crippen molar-refractivity contribution in [1.29, 1.82) is 0 Å². The van der Waals surface area contributed by atoms with Crippen LogP contribution in [0.2, 0.25) is 5.02 Å². The first-order valence-electron chi connectivity index (χ1n) is 9.05. The van der Waals surface area contributed by atoms with E-state index in [1.54, 1.807) is 0 Å². The van der Waals surface area contributed by atoms with Gasteiger partial charge in [0.25, 0.3) is 0 Å². The predicted molar refractivity (Wildman–Crippen MR) is 96.8 cm³/mol. The molecule has 3 aliphatic rings. The molecule has 0 spiro atoms. The Morgan fingerprint density at radius 1 is 1.33 bits per heavy atom. The lowest BCUT2D eigenvalue weighted by Gasteiger charge is -2.38. The van der Waals surface area contributed by atoms with Crippen molar-refractivity contribution in [3.05, 3.63) is 28.8 Å². The van der Waals surface area contributed by atoms with Gasteiger partial charge in [-0.3, -0.25) is 4.90 Å². The number of benzene rings is 1. The quantitative estimate of drug-likeness (QED) is 0.908. The summed E-state index contributed by atoms with van der Waals surface area (Å²) < 4.78 is 5.63. The number of anilines is 1. The fourth-order valence-electron chi connectivity index (χ4n) is 4.64. The third-order valence-electron chi connectivity index (χ3n) is 6.36. The van der Waals surface area contributed by atoms with Crippen LogP contribution in [0.25, 0.3) is 0 Å². The minimum absolute atomic E-state index is 0.00160. The average Bonchev–Trinajstić information content (AvgIpc) is 3.15. The maximum atomic E-state index is 9.85. The van der Waals surface area contributed by atoms with E-state index in [4.69, 9.17) is 16.3 Å². The molecule has 0 saturated carbocycles. The number of aliphatic hydroxyl groups excluding tert-OH is 1. The fourth-order valence-corrected chi connectivity index (χ4v) is 4.82. The van der Waals surface area contributed by atoms with Crippen molar-refractivity contribution in [3.63, 3.8) is 0 Å². The lowest BCUT2D eigenvalue weighted by Crippen LogP contribution is -2.45. The Morgan fingerprint density at radius 2 is 2.12 bits per heavy atom. The summed E-state index contributed by atoms with van der Waals surface area (Å²) in [7, 11) is 0. The van der Waals surface area contributed by atoms with E-state index in [9.17, 15) is 5.11 Å². The summed E-state index contributed by atoms with van der Waals surface area (Å²) in [5.74, 6) is 0.511. The molecular weight excluding hydrogens is 324 g/mol. The van der Waals surface area contributed by atoms with Gasteiger partial charge >= 0.3 is 0 Å². The molecule has 0 bridgehead atoms. The lowest BCUT2D eigenvalue weighted by atomic mass is 9.82. The normalized spacial score (nSPS) is 31.6. The molecule has 0 aliphatic carbocycles. The first-order valence-corrected chi connectivity index (χ1v) is 9.43. The van der Waals surface area contributed by atoms with Gasteiger partial charge in [0.1, 0.15) is 0 Å². The zero-order valence-corrected chi connectivity index (χ0v) is 15.1. The molecule has 0 radical (unpaired) electrons. The van der Waals surface area contributed by atoms with E-state index in [1.165, 1.54) is 18.5 Å². The third-order valence-corrected chi connectivity index (χ3v) is 6.77. The van der Waals surface area contributed by atoms with Crippen LogP contribution in [0.5, 0.6) is 0 Å². The van der Waals surface area contributed by atoms with Gasteiger partial charge in [-0.2, -0.15) is 0 Å². The van der Waals surface area contributed by atoms with E-state index < -0.39 is 0 Å². The molecule has 0 unspecified atom stereocenters. The highest BCUT2D eigenvalue weighted by atomic mass is 35.5. The number of rotatable bonds is 3. The molecule has 0 aromatic heterocycles. The van der Waals surface area contributed by atoms with Crippen molar-refractivity contribution >= 4 is 17.3 Å². The van der Waals surface area contributed by atoms with Gasteiger partial charge < -0.3 is 14.7 Å². The van der Waals surface area contributed by atoms with Crippen LogP contribution in [0.1, 0.15) is 18.4 Å². The molecule has 0 amide bonds. The lowest BCUT2D eigenvalue weighted by molar-refractivity contribution is 0.0699. The van der Waals surface area contributed by atoms with Crippen LogP contribution in [-0.2, 0) is 4.74 Å². The van der Waals surface area contributed by atoms with Crippen molar-refractivity contribution in [1.82, 2.24) is 4.90 Å². The second-order valence-corrected chi connectivity index (χ2v) is 8.22. The summed E-state index contributed by atoms with van der Waals surface area (Å²) in [5.41, 5.74) is 2.37. The standard InChI is InChI=1S/C19H27ClN2O2/c1-14-2-3-17(8-18(14)20)21-6-4-16(5-7-21)22-9-15-10-24-13-19(15,11-22)12-23/h2-3,8,15-16,23H,4-7,9-13H2,1H3/t15-,19-/m0/s1. The monoisotopic (exact) mass is 350 g/mol. The second-order valence-electron chi connectivity index (χ2n) is 7.81. The number of fused-ring (bicyclic) bond motifs is 1. The van der Waals surface area contributed by atoms with Crippen LogP contribution < -0.4 is 4.90 Å². The number of halogens is 1. The molecule has 3 fully saturated rings. The number of ether oxygens (including phenoxy) is 1. The van der Waals surface area contributed by atoms with Gasteiger partial charge in [-0.15, -0.1) is 0 Å². The van der Waals surface area contributed by atoms with E-state index in [1.807, 2.05) is 6.92 Å². The van der Waals surface area contributed by atoms with Crippen LogP contribution in [0, 0.1) is 18.3 Å². The molecule has 1 aromatic carbocycles. The fraction of sp³-hybridized carbons (Fsp3) is 0.684. The number of nitrogens with zero attached hydrogens (tertiary/aromatic N) is 2. The van der Waals surface area contributed by atoms with Gasteiger partial charge in [0.2, 0.25) is 0 Å². The zero-order chi connectivity index (χ0) is 16.7. The van der Waals surface area contributed by atoms with Gasteiger partial charge in [0.05, 0.1) is 19.8 Å². The highest BCUT2D eigenvalue weighted by Gasteiger charge is 2.51. The number of likely N-dealkylation sites (tertiary alicyclic amines) is 1. The summed E-state index contributed by atoms with van der Waals surface area (Å²) in [6.07, 6.45) is 2.36. The molecule has 5 heteroatoms. The Morgan fingerprint density at radius 3 is 2.79 bits per heavy atom. The summed E-state index contributed by atoms with van der Waals surface area (Å²) in [6, 6.07) is 7.02. The molecule has 3 heterocycles. The van der Waals surface area contributed by atoms with Crippen LogP contribution in [0.4, 0.5) is 5.69 Å². The highest BCUT2D eigenvalue weighted by Crippen LogP contribution is 2.42. The Labute approximate surface area is 149 Å². The van der Waals surface area contributed by atoms with Crippen LogP contribution in [-0.4, -0.2) is 62.0 Å². The van der Waals surface area contributed by atoms with Gasteiger partial charge in [-0.05, 0) is 37.5 Å². The first kappa shape index (κ1) is 16.6. The molecule has 132 valence electrons. The Balaban J connectivity index is 1.37. The molecule has 24 heavy (non-hydrogen) atoms. The van der Waals surface area contributed by atoms with Crippen molar-refractivity contribution in [2.45, 2.75) is 25.8 Å². The summed E-state index contributed by atoms with van der Waals surface area (Å²) in [6.45, 7) is 8.08. The van der Waals surface area contributed by atoms with Crippen molar-refractivity contribution in [3.8, 4) is 0 Å². The van der Waals surface area contributed by atoms with E-state index in [-0.39, 0.29) is 12.0 Å². The minimum atomic E-state index is 0.00160. The van der Waals surface area contributed by atoms with Crippen molar-refractivity contribution in [2.75, 3.05) is 50.9 Å². The van der Waals surface area contributed by atoms with E-state index in [0.29, 0.717) is 12.0 Å². The molecule has 4 nitrogen and oxygen atoms in total. The van der Waals surface area contributed by atoms with E-state index in [0.717, 1.165) is 50.0 Å². The number of piperidine rings is 1. The number of hydrogen-bond donors (Lipinski definition) is 1. The largest absolute Gasteiger partial charge is 0.396 e. The van der Waals surface area contributed by atoms with Gasteiger partial charge in [0, 0.05) is 54.3 Å². The summed E-state index contributed by atoms with van der Waals surface area (Å²) in [4.78, 5) is 5.06. The highest BCUT2D eigenvalue weighted by molar-refractivity contribution is 6.31. The van der Waals surface area contributed by atoms with Crippen molar-refractivity contribution < 1.29 is 9.84 Å². The average molecular weight is 351 g/mol. The molecule has 2 atom stereocenters. The predicted octanol–water partition coefficient (Wildman–Crippen LogP) is 2.56. The van der Waals surface area contributed by atoms with Gasteiger partial charge in [-0.1, -0.05) is 17.7 Å². The van der Waals surface area contributed by atoms with Crippen LogP contribution >= 0.6 is 11.6 Å². The third kappa shape index (κ3) is 2.84. The van der Waals surface area contributed by atoms with Crippen molar-refractivity contribution in [2.24, 2.45) is 11.3 Å². The zero-order valence-electron chi connectivity index (χ0n) is 14.4. The topological polar surface area (TPSA) is 35.9 Å². The van der Waals surface area contributed by atoms with Gasteiger partial charge in [-0.25, -0.2) is 0 Å². The van der Waals surface area contributed by atoms with E-state index in [2.05, 4.69) is 28.0 Å². The smallest absolute Gasteiger partial charge is 0.0560 e. The first-order chi connectivity index (χ1) is 11.6. The van der Waals surface area contributed by atoms with E-state index >= 15 is 0 Å². The molecule has 3 aliphatic heterocycles.